The first kappa shape index (κ1) is 16.5. The van der Waals surface area contributed by atoms with Gasteiger partial charge in [-0.25, -0.2) is 0 Å². The third kappa shape index (κ3) is 4.17. The molecule has 2 aromatic heterocycles. The van der Waals surface area contributed by atoms with E-state index in [0.717, 1.165) is 38.4 Å². The minimum atomic E-state index is 0.199. The van der Waals surface area contributed by atoms with Crippen molar-refractivity contribution in [1.29, 1.82) is 0 Å². The number of rotatable bonds is 5. The molecule has 2 fully saturated rings. The molecule has 132 valence electrons. The number of piperidine rings is 1. The lowest BCUT2D eigenvalue weighted by Crippen LogP contribution is -2.40. The summed E-state index contributed by atoms with van der Waals surface area (Å²) in [7, 11) is 0. The van der Waals surface area contributed by atoms with Crippen LogP contribution in [0.2, 0.25) is 0 Å². The Hall–Kier alpha value is -1.98. The average molecular weight is 339 g/mol. The molecule has 5 nitrogen and oxygen atoms in total. The molecule has 0 bridgehead atoms. The van der Waals surface area contributed by atoms with Crippen LogP contribution in [0.1, 0.15) is 24.8 Å². The lowest BCUT2D eigenvalue weighted by molar-refractivity contribution is 0.0470. The van der Waals surface area contributed by atoms with Crippen LogP contribution >= 0.6 is 0 Å². The van der Waals surface area contributed by atoms with Gasteiger partial charge in [0.2, 0.25) is 0 Å². The lowest BCUT2D eigenvalue weighted by Gasteiger charge is -2.38. The van der Waals surface area contributed by atoms with Gasteiger partial charge in [0.15, 0.2) is 0 Å². The zero-order valence-corrected chi connectivity index (χ0v) is 14.5. The fraction of sp³-hybridized carbons (Fsp3) is 0.500. The van der Waals surface area contributed by atoms with E-state index in [1.54, 1.807) is 12.4 Å². The molecule has 5 heteroatoms. The smallest absolute Gasteiger partial charge is 0.137 e. The van der Waals surface area contributed by atoms with Crippen molar-refractivity contribution in [3.05, 3.63) is 54.6 Å². The van der Waals surface area contributed by atoms with Crippen molar-refractivity contribution in [1.82, 2.24) is 14.9 Å². The fourth-order valence-electron chi connectivity index (χ4n) is 3.91. The maximum atomic E-state index is 6.05. The minimum Gasteiger partial charge on any atom is -0.489 e. The van der Waals surface area contributed by atoms with Gasteiger partial charge in [-0.1, -0.05) is 6.07 Å². The van der Waals surface area contributed by atoms with Crippen LogP contribution in [0.15, 0.2) is 49.1 Å². The highest BCUT2D eigenvalue weighted by Gasteiger charge is 2.42. The molecule has 2 aliphatic rings. The Morgan fingerprint density at radius 2 is 1.92 bits per heavy atom. The molecule has 2 saturated heterocycles. The highest BCUT2D eigenvalue weighted by atomic mass is 16.5. The summed E-state index contributed by atoms with van der Waals surface area (Å²) in [6.45, 7) is 4.75. The number of aromatic nitrogens is 2. The molecule has 4 rings (SSSR count). The van der Waals surface area contributed by atoms with Crippen molar-refractivity contribution >= 4 is 0 Å². The van der Waals surface area contributed by atoms with E-state index in [1.807, 2.05) is 30.6 Å². The van der Waals surface area contributed by atoms with Crippen molar-refractivity contribution in [2.45, 2.75) is 31.9 Å². The second-order valence-electron chi connectivity index (χ2n) is 7.27. The number of hydrogen-bond donors (Lipinski definition) is 0. The third-order valence-electron chi connectivity index (χ3n) is 5.40. The minimum absolute atomic E-state index is 0.199. The lowest BCUT2D eigenvalue weighted by atomic mass is 9.76. The number of likely N-dealkylation sites (tertiary alicyclic amines) is 1. The summed E-state index contributed by atoms with van der Waals surface area (Å²) >= 11 is 0. The number of pyridine rings is 2. The van der Waals surface area contributed by atoms with Crippen LogP contribution in [0.5, 0.6) is 5.75 Å². The van der Waals surface area contributed by atoms with Gasteiger partial charge in [0.25, 0.3) is 0 Å². The molecule has 1 spiro atoms. The molecule has 1 unspecified atom stereocenters. The summed E-state index contributed by atoms with van der Waals surface area (Å²) in [5, 5.41) is 0. The molecule has 0 radical (unpaired) electrons. The van der Waals surface area contributed by atoms with Crippen LogP contribution < -0.4 is 4.74 Å². The molecular formula is C20H25N3O2. The first-order valence-corrected chi connectivity index (χ1v) is 9.07. The van der Waals surface area contributed by atoms with Crippen molar-refractivity contribution in [3.63, 3.8) is 0 Å². The van der Waals surface area contributed by atoms with Crippen LogP contribution in [0, 0.1) is 5.41 Å². The molecule has 0 amide bonds. The Bertz CT molecular complexity index is 657. The highest BCUT2D eigenvalue weighted by Crippen LogP contribution is 2.42. The molecule has 0 aliphatic carbocycles. The standard InChI is InChI=1S/C20H25N3O2/c1-3-17(12-21-7-1)14-23-9-5-20(6-10-23)11-19(25-16-20)15-24-18-4-2-8-22-13-18/h1-4,7-8,12-13,19H,5-6,9-11,14-16H2. The van der Waals surface area contributed by atoms with E-state index in [9.17, 15) is 0 Å². The number of ether oxygens (including phenoxy) is 2. The molecule has 4 heterocycles. The van der Waals surface area contributed by atoms with Gasteiger partial charge in [-0.3, -0.25) is 14.9 Å². The van der Waals surface area contributed by atoms with E-state index >= 15 is 0 Å². The zero-order valence-electron chi connectivity index (χ0n) is 14.5. The summed E-state index contributed by atoms with van der Waals surface area (Å²) in [4.78, 5) is 10.8. The summed E-state index contributed by atoms with van der Waals surface area (Å²) in [5.41, 5.74) is 1.64. The van der Waals surface area contributed by atoms with E-state index < -0.39 is 0 Å². The SMILES string of the molecule is c1cncc(CN2CCC3(CC2)COC(COc2cccnc2)C3)c1. The Balaban J connectivity index is 1.24. The van der Waals surface area contributed by atoms with Gasteiger partial charge in [-0.2, -0.15) is 0 Å². The maximum absolute atomic E-state index is 6.05. The molecule has 2 aliphatic heterocycles. The third-order valence-corrected chi connectivity index (χ3v) is 5.40. The van der Waals surface area contributed by atoms with Crippen molar-refractivity contribution in [2.75, 3.05) is 26.3 Å². The van der Waals surface area contributed by atoms with Gasteiger partial charge in [0, 0.05) is 25.1 Å². The van der Waals surface area contributed by atoms with Crippen LogP contribution in [0.25, 0.3) is 0 Å². The van der Waals surface area contributed by atoms with Crippen LogP contribution in [-0.4, -0.2) is 47.3 Å². The van der Waals surface area contributed by atoms with Crippen LogP contribution in [0.4, 0.5) is 0 Å². The Morgan fingerprint density at radius 3 is 2.64 bits per heavy atom. The maximum Gasteiger partial charge on any atom is 0.137 e. The Labute approximate surface area is 149 Å². The number of hydrogen-bond acceptors (Lipinski definition) is 5. The van der Waals surface area contributed by atoms with Gasteiger partial charge >= 0.3 is 0 Å². The van der Waals surface area contributed by atoms with E-state index in [2.05, 4.69) is 20.9 Å². The largest absolute Gasteiger partial charge is 0.489 e. The van der Waals surface area contributed by atoms with Gasteiger partial charge in [-0.15, -0.1) is 0 Å². The quantitative estimate of drug-likeness (QED) is 0.838. The topological polar surface area (TPSA) is 47.5 Å². The first-order valence-electron chi connectivity index (χ1n) is 9.07. The van der Waals surface area contributed by atoms with Gasteiger partial charge in [0.1, 0.15) is 12.4 Å². The van der Waals surface area contributed by atoms with Gasteiger partial charge < -0.3 is 9.47 Å². The van der Waals surface area contributed by atoms with E-state index in [1.165, 1.54) is 18.4 Å². The van der Waals surface area contributed by atoms with Crippen molar-refractivity contribution in [2.24, 2.45) is 5.41 Å². The van der Waals surface area contributed by atoms with E-state index in [-0.39, 0.29) is 6.10 Å². The summed E-state index contributed by atoms with van der Waals surface area (Å²) in [6.07, 6.45) is 11.0. The predicted octanol–water partition coefficient (Wildman–Crippen LogP) is 2.93. The summed E-state index contributed by atoms with van der Waals surface area (Å²) in [5.74, 6) is 0.818. The van der Waals surface area contributed by atoms with Gasteiger partial charge in [-0.05, 0) is 61.5 Å². The first-order chi connectivity index (χ1) is 12.3. The second kappa shape index (κ2) is 7.50. The summed E-state index contributed by atoms with van der Waals surface area (Å²) < 4.78 is 11.9. The Morgan fingerprint density at radius 1 is 1.12 bits per heavy atom. The normalized spacial score (nSPS) is 23.0. The molecule has 0 N–H and O–H groups in total. The molecular weight excluding hydrogens is 314 g/mol. The highest BCUT2D eigenvalue weighted by molar-refractivity contribution is 5.15. The van der Waals surface area contributed by atoms with Crippen LogP contribution in [0.3, 0.4) is 0 Å². The van der Waals surface area contributed by atoms with Gasteiger partial charge in [0.05, 0.1) is 18.9 Å². The molecule has 1 atom stereocenters. The fourth-order valence-corrected chi connectivity index (χ4v) is 3.91. The monoisotopic (exact) mass is 339 g/mol. The van der Waals surface area contributed by atoms with E-state index in [0.29, 0.717) is 12.0 Å². The zero-order chi connectivity index (χ0) is 17.0. The molecule has 0 aromatic carbocycles. The summed E-state index contributed by atoms with van der Waals surface area (Å²) in [6, 6.07) is 8.00. The van der Waals surface area contributed by atoms with Crippen LogP contribution in [-0.2, 0) is 11.3 Å². The van der Waals surface area contributed by atoms with E-state index in [4.69, 9.17) is 9.47 Å². The second-order valence-corrected chi connectivity index (χ2v) is 7.27. The number of nitrogens with zero attached hydrogens (tertiary/aromatic N) is 3. The Kier molecular flexibility index (Phi) is 4.95. The average Bonchev–Trinajstić information content (AvgIpc) is 3.07. The van der Waals surface area contributed by atoms with Crippen molar-refractivity contribution < 1.29 is 9.47 Å². The molecule has 2 aromatic rings. The molecule has 0 saturated carbocycles. The molecule has 25 heavy (non-hydrogen) atoms. The predicted molar refractivity (Wildman–Crippen MR) is 95.3 cm³/mol. The van der Waals surface area contributed by atoms with Crippen molar-refractivity contribution in [3.8, 4) is 5.75 Å².